The summed E-state index contributed by atoms with van der Waals surface area (Å²) in [6.45, 7) is 0. The number of sulfone groups is 1. The van der Waals surface area contributed by atoms with Crippen molar-refractivity contribution in [2.45, 2.75) is 18.8 Å². The molecule has 16 heavy (non-hydrogen) atoms. The van der Waals surface area contributed by atoms with Crippen LogP contribution < -0.4 is 0 Å². The Hall–Kier alpha value is -0.720. The molecule has 2 bridgehead atoms. The average Bonchev–Trinajstić information content (AvgIpc) is 2.07. The molecule has 1 heterocycles. The number of carboxylic acids is 1. The van der Waals surface area contributed by atoms with Gasteiger partial charge in [0.25, 0.3) is 5.92 Å². The molecule has 1 aliphatic carbocycles. The second-order valence-electron chi connectivity index (χ2n) is 4.65. The van der Waals surface area contributed by atoms with Gasteiger partial charge in [0.15, 0.2) is 9.84 Å². The van der Waals surface area contributed by atoms with E-state index >= 15 is 0 Å². The third-order valence-corrected chi connectivity index (χ3v) is 5.31. The zero-order chi connectivity index (χ0) is 12.1. The van der Waals surface area contributed by atoms with Crippen LogP contribution in [-0.4, -0.2) is 36.9 Å². The number of hydrogen-bond acceptors (Lipinski definition) is 3. The van der Waals surface area contributed by atoms with E-state index in [0.29, 0.717) is 0 Å². The molecule has 0 radical (unpaired) electrons. The SMILES string of the molecule is O=C(O)C1CC2CS(=O)(=O)CC(C1)C2(F)F. The van der Waals surface area contributed by atoms with Crippen LogP contribution in [0.4, 0.5) is 8.78 Å². The normalized spacial score (nSPS) is 40.2. The largest absolute Gasteiger partial charge is 0.481 e. The number of alkyl halides is 2. The van der Waals surface area contributed by atoms with E-state index in [1.807, 2.05) is 0 Å². The highest BCUT2D eigenvalue weighted by molar-refractivity contribution is 7.91. The Morgan fingerprint density at radius 2 is 1.62 bits per heavy atom. The maximum atomic E-state index is 13.6. The van der Waals surface area contributed by atoms with E-state index in [-0.39, 0.29) is 12.8 Å². The van der Waals surface area contributed by atoms with Gasteiger partial charge in [-0.2, -0.15) is 0 Å². The highest BCUT2D eigenvalue weighted by Gasteiger charge is 2.58. The van der Waals surface area contributed by atoms with Crippen molar-refractivity contribution in [3.63, 3.8) is 0 Å². The second-order valence-corrected chi connectivity index (χ2v) is 6.81. The summed E-state index contributed by atoms with van der Waals surface area (Å²) in [4.78, 5) is 10.8. The molecule has 1 saturated carbocycles. The van der Waals surface area contributed by atoms with Gasteiger partial charge in [0.1, 0.15) is 0 Å². The quantitative estimate of drug-likeness (QED) is 0.750. The Labute approximate surface area is 91.6 Å². The van der Waals surface area contributed by atoms with Crippen LogP contribution in [0.25, 0.3) is 0 Å². The lowest BCUT2D eigenvalue weighted by atomic mass is 9.73. The van der Waals surface area contributed by atoms with Crippen molar-refractivity contribution in [3.05, 3.63) is 0 Å². The number of aliphatic carboxylic acids is 1. The molecule has 0 aromatic carbocycles. The van der Waals surface area contributed by atoms with Crippen LogP contribution in [0.1, 0.15) is 12.8 Å². The van der Waals surface area contributed by atoms with Crippen molar-refractivity contribution < 1.29 is 27.1 Å². The first kappa shape index (κ1) is 11.8. The lowest BCUT2D eigenvalue weighted by molar-refractivity contribution is -0.160. The summed E-state index contributed by atoms with van der Waals surface area (Å²) >= 11 is 0. The number of carboxylic acid groups (broad SMARTS) is 1. The first-order chi connectivity index (χ1) is 7.22. The molecular weight excluding hydrogens is 242 g/mol. The summed E-state index contributed by atoms with van der Waals surface area (Å²) < 4.78 is 50.0. The smallest absolute Gasteiger partial charge is 0.306 e. The predicted molar refractivity (Wildman–Crippen MR) is 50.9 cm³/mol. The molecule has 2 rings (SSSR count). The van der Waals surface area contributed by atoms with Crippen LogP contribution in [0.15, 0.2) is 0 Å². The van der Waals surface area contributed by atoms with E-state index in [1.54, 1.807) is 0 Å². The molecule has 1 N–H and O–H groups in total. The molecule has 2 atom stereocenters. The highest BCUT2D eigenvalue weighted by Crippen LogP contribution is 2.49. The predicted octanol–water partition coefficient (Wildman–Crippen LogP) is 0.777. The average molecular weight is 254 g/mol. The molecule has 0 amide bonds. The maximum absolute atomic E-state index is 13.6. The van der Waals surface area contributed by atoms with Crippen LogP contribution in [0.2, 0.25) is 0 Å². The topological polar surface area (TPSA) is 71.4 Å². The first-order valence-electron chi connectivity index (χ1n) is 5.03. The van der Waals surface area contributed by atoms with Crippen molar-refractivity contribution >= 4 is 15.8 Å². The lowest BCUT2D eigenvalue weighted by Crippen LogP contribution is -2.54. The first-order valence-corrected chi connectivity index (χ1v) is 6.85. The third kappa shape index (κ3) is 1.81. The molecule has 1 saturated heterocycles. The molecule has 1 aliphatic heterocycles. The van der Waals surface area contributed by atoms with Crippen molar-refractivity contribution in [2.75, 3.05) is 11.5 Å². The number of halogens is 2. The minimum Gasteiger partial charge on any atom is -0.481 e. The fraction of sp³-hybridized carbons (Fsp3) is 0.889. The van der Waals surface area contributed by atoms with E-state index in [0.717, 1.165) is 0 Å². The van der Waals surface area contributed by atoms with Gasteiger partial charge in [0.05, 0.1) is 17.4 Å². The fourth-order valence-electron chi connectivity index (χ4n) is 2.67. The number of fused-ring (bicyclic) bond motifs is 2. The molecule has 4 nitrogen and oxygen atoms in total. The second kappa shape index (κ2) is 3.38. The van der Waals surface area contributed by atoms with Crippen molar-refractivity contribution in [3.8, 4) is 0 Å². The van der Waals surface area contributed by atoms with Gasteiger partial charge in [-0.3, -0.25) is 4.79 Å². The van der Waals surface area contributed by atoms with E-state index in [4.69, 9.17) is 5.11 Å². The maximum Gasteiger partial charge on any atom is 0.306 e. The van der Waals surface area contributed by atoms with E-state index in [1.165, 1.54) is 0 Å². The summed E-state index contributed by atoms with van der Waals surface area (Å²) in [5.74, 6) is -8.79. The van der Waals surface area contributed by atoms with Gasteiger partial charge in [-0.1, -0.05) is 0 Å². The van der Waals surface area contributed by atoms with Crippen LogP contribution in [-0.2, 0) is 14.6 Å². The monoisotopic (exact) mass is 254 g/mol. The summed E-state index contributed by atoms with van der Waals surface area (Å²) in [7, 11) is -3.44. The zero-order valence-corrected chi connectivity index (χ0v) is 9.21. The van der Waals surface area contributed by atoms with Crippen molar-refractivity contribution in [2.24, 2.45) is 17.8 Å². The Bertz CT molecular complexity index is 393. The summed E-state index contributed by atoms with van der Waals surface area (Å²) in [5.41, 5.74) is 0. The molecule has 0 aromatic rings. The molecule has 0 spiro atoms. The number of carbonyl (C=O) groups is 1. The van der Waals surface area contributed by atoms with E-state index in [2.05, 4.69) is 0 Å². The Balaban J connectivity index is 2.30. The third-order valence-electron chi connectivity index (χ3n) is 3.49. The standard InChI is InChI=1S/C9H12F2O4S/c10-9(11)6-1-5(8(12)13)2-7(9)4-16(14,15)3-6/h5-7H,1-4H2,(H,12,13). The minimum atomic E-state index is -3.44. The van der Waals surface area contributed by atoms with Gasteiger partial charge < -0.3 is 5.11 Å². The van der Waals surface area contributed by atoms with Crippen LogP contribution in [0, 0.1) is 17.8 Å². The summed E-state index contributed by atoms with van der Waals surface area (Å²) in [6, 6.07) is 0. The minimum absolute atomic E-state index is 0.238. The fourth-order valence-corrected chi connectivity index (χ4v) is 4.75. The van der Waals surface area contributed by atoms with Gasteiger partial charge in [0, 0.05) is 11.8 Å². The van der Waals surface area contributed by atoms with E-state index < -0.39 is 51.0 Å². The Morgan fingerprint density at radius 3 is 2.00 bits per heavy atom. The summed E-state index contributed by atoms with van der Waals surface area (Å²) in [5, 5.41) is 8.80. The van der Waals surface area contributed by atoms with Gasteiger partial charge in [-0.25, -0.2) is 17.2 Å². The molecule has 0 aromatic heterocycles. The molecule has 92 valence electrons. The van der Waals surface area contributed by atoms with Gasteiger partial charge in [-0.05, 0) is 12.8 Å². The van der Waals surface area contributed by atoms with Crippen LogP contribution >= 0.6 is 0 Å². The van der Waals surface area contributed by atoms with Crippen molar-refractivity contribution in [1.29, 1.82) is 0 Å². The molecule has 2 aliphatic rings. The van der Waals surface area contributed by atoms with Gasteiger partial charge in [0.2, 0.25) is 0 Å². The number of hydrogen-bond donors (Lipinski definition) is 1. The van der Waals surface area contributed by atoms with Crippen LogP contribution in [0.3, 0.4) is 0 Å². The molecule has 7 heteroatoms. The van der Waals surface area contributed by atoms with Gasteiger partial charge >= 0.3 is 5.97 Å². The molecule has 2 fully saturated rings. The van der Waals surface area contributed by atoms with E-state index in [9.17, 15) is 22.0 Å². The van der Waals surface area contributed by atoms with Crippen LogP contribution in [0.5, 0.6) is 0 Å². The molecular formula is C9H12F2O4S. The highest BCUT2D eigenvalue weighted by atomic mass is 32.2. The molecule has 2 unspecified atom stereocenters. The van der Waals surface area contributed by atoms with Crippen molar-refractivity contribution in [1.82, 2.24) is 0 Å². The number of rotatable bonds is 1. The Morgan fingerprint density at radius 1 is 1.19 bits per heavy atom. The lowest BCUT2D eigenvalue weighted by Gasteiger charge is -2.43. The summed E-state index contributed by atoms with van der Waals surface area (Å²) in [6.07, 6.45) is -0.476. The van der Waals surface area contributed by atoms with Gasteiger partial charge in [-0.15, -0.1) is 0 Å². The Kier molecular flexibility index (Phi) is 2.49. The zero-order valence-electron chi connectivity index (χ0n) is 8.40.